The van der Waals surface area contributed by atoms with Gasteiger partial charge in [-0.05, 0) is 31.6 Å². The minimum absolute atomic E-state index is 0.0376. The first-order valence-electron chi connectivity index (χ1n) is 6.54. The lowest BCUT2D eigenvalue weighted by Gasteiger charge is -2.26. The van der Waals surface area contributed by atoms with Gasteiger partial charge in [-0.3, -0.25) is 4.79 Å². The molecule has 92 valence electrons. The zero-order valence-corrected chi connectivity index (χ0v) is 10.2. The van der Waals surface area contributed by atoms with Crippen molar-refractivity contribution in [2.75, 3.05) is 13.2 Å². The predicted molar refractivity (Wildman–Crippen MR) is 62.9 cm³/mol. The molecule has 0 aliphatic heterocycles. The summed E-state index contributed by atoms with van der Waals surface area (Å²) in [5.41, 5.74) is 0.0376. The zero-order valence-electron chi connectivity index (χ0n) is 10.2. The molecule has 2 aliphatic carbocycles. The third-order valence-electron chi connectivity index (χ3n) is 4.24. The molecular weight excluding hydrogens is 202 g/mol. The van der Waals surface area contributed by atoms with E-state index in [4.69, 9.17) is 0 Å². The SMILES string of the molecule is CC1CCCC(C(=O)NCC2(CO)CC2)C1. The van der Waals surface area contributed by atoms with E-state index >= 15 is 0 Å². The van der Waals surface area contributed by atoms with E-state index in [2.05, 4.69) is 12.2 Å². The molecule has 0 aromatic carbocycles. The van der Waals surface area contributed by atoms with Gasteiger partial charge in [0.05, 0.1) is 6.61 Å². The van der Waals surface area contributed by atoms with Gasteiger partial charge in [0.1, 0.15) is 0 Å². The first-order chi connectivity index (χ1) is 7.65. The molecular formula is C13H23NO2. The molecule has 3 nitrogen and oxygen atoms in total. The van der Waals surface area contributed by atoms with Crippen LogP contribution in [0.1, 0.15) is 45.4 Å². The number of carbonyl (C=O) groups is 1. The zero-order chi connectivity index (χ0) is 11.6. The summed E-state index contributed by atoms with van der Waals surface area (Å²) >= 11 is 0. The Morgan fingerprint density at radius 3 is 2.75 bits per heavy atom. The Morgan fingerprint density at radius 1 is 1.44 bits per heavy atom. The highest BCUT2D eigenvalue weighted by Crippen LogP contribution is 2.44. The molecule has 2 fully saturated rings. The largest absolute Gasteiger partial charge is 0.396 e. The van der Waals surface area contributed by atoms with Crippen LogP contribution in [0.4, 0.5) is 0 Å². The van der Waals surface area contributed by atoms with E-state index < -0.39 is 0 Å². The van der Waals surface area contributed by atoms with Gasteiger partial charge in [-0.25, -0.2) is 0 Å². The Hall–Kier alpha value is -0.570. The number of aliphatic hydroxyl groups excluding tert-OH is 1. The third-order valence-corrected chi connectivity index (χ3v) is 4.24. The van der Waals surface area contributed by atoms with E-state index in [1.54, 1.807) is 0 Å². The van der Waals surface area contributed by atoms with Crippen LogP contribution in [0.2, 0.25) is 0 Å². The Morgan fingerprint density at radius 2 is 2.19 bits per heavy atom. The lowest BCUT2D eigenvalue weighted by molar-refractivity contribution is -0.126. The van der Waals surface area contributed by atoms with Gasteiger partial charge in [0.2, 0.25) is 5.91 Å². The Bertz CT molecular complexity index is 261. The van der Waals surface area contributed by atoms with Crippen molar-refractivity contribution in [3.05, 3.63) is 0 Å². The number of rotatable bonds is 4. The van der Waals surface area contributed by atoms with E-state index in [-0.39, 0.29) is 23.8 Å². The average Bonchev–Trinajstić information content (AvgIpc) is 3.07. The van der Waals surface area contributed by atoms with Gasteiger partial charge in [0, 0.05) is 17.9 Å². The van der Waals surface area contributed by atoms with Gasteiger partial charge in [0.15, 0.2) is 0 Å². The summed E-state index contributed by atoms with van der Waals surface area (Å²) in [6.07, 6.45) is 6.66. The van der Waals surface area contributed by atoms with Crippen molar-refractivity contribution < 1.29 is 9.90 Å². The monoisotopic (exact) mass is 225 g/mol. The molecule has 1 amide bonds. The van der Waals surface area contributed by atoms with Crippen molar-refractivity contribution in [3.63, 3.8) is 0 Å². The van der Waals surface area contributed by atoms with Crippen LogP contribution in [-0.2, 0) is 4.79 Å². The molecule has 2 rings (SSSR count). The summed E-state index contributed by atoms with van der Waals surface area (Å²) in [4.78, 5) is 11.9. The molecule has 2 atom stereocenters. The van der Waals surface area contributed by atoms with Gasteiger partial charge < -0.3 is 10.4 Å². The molecule has 2 N–H and O–H groups in total. The highest BCUT2D eigenvalue weighted by molar-refractivity contribution is 5.78. The van der Waals surface area contributed by atoms with Crippen LogP contribution in [0.5, 0.6) is 0 Å². The average molecular weight is 225 g/mol. The number of nitrogens with one attached hydrogen (secondary N) is 1. The highest BCUT2D eigenvalue weighted by atomic mass is 16.3. The van der Waals surface area contributed by atoms with Crippen LogP contribution in [0.25, 0.3) is 0 Å². The molecule has 0 radical (unpaired) electrons. The van der Waals surface area contributed by atoms with Gasteiger partial charge >= 0.3 is 0 Å². The number of carbonyl (C=O) groups excluding carboxylic acids is 1. The van der Waals surface area contributed by atoms with Crippen LogP contribution in [0.15, 0.2) is 0 Å². The molecule has 0 aromatic rings. The third kappa shape index (κ3) is 2.76. The summed E-state index contributed by atoms with van der Waals surface area (Å²) in [6.45, 7) is 3.12. The number of hydrogen-bond donors (Lipinski definition) is 2. The molecule has 2 aliphatic rings. The highest BCUT2D eigenvalue weighted by Gasteiger charge is 2.42. The van der Waals surface area contributed by atoms with Crippen molar-refractivity contribution in [2.24, 2.45) is 17.3 Å². The summed E-state index contributed by atoms with van der Waals surface area (Å²) < 4.78 is 0. The summed E-state index contributed by atoms with van der Waals surface area (Å²) in [5.74, 6) is 1.13. The van der Waals surface area contributed by atoms with Crippen molar-refractivity contribution >= 4 is 5.91 Å². The molecule has 0 aromatic heterocycles. The minimum Gasteiger partial charge on any atom is -0.396 e. The topological polar surface area (TPSA) is 49.3 Å². The minimum atomic E-state index is 0.0376. The number of hydrogen-bond acceptors (Lipinski definition) is 2. The van der Waals surface area contributed by atoms with Gasteiger partial charge in [-0.2, -0.15) is 0 Å². The number of aliphatic hydroxyl groups is 1. The molecule has 0 bridgehead atoms. The molecule has 0 saturated heterocycles. The Labute approximate surface area is 97.6 Å². The maximum atomic E-state index is 11.9. The van der Waals surface area contributed by atoms with E-state index in [0.717, 1.165) is 25.7 Å². The molecule has 2 saturated carbocycles. The Balaban J connectivity index is 1.75. The first-order valence-corrected chi connectivity index (χ1v) is 6.54. The van der Waals surface area contributed by atoms with E-state index in [0.29, 0.717) is 12.5 Å². The predicted octanol–water partition coefficient (Wildman–Crippen LogP) is 1.70. The quantitative estimate of drug-likeness (QED) is 0.765. The van der Waals surface area contributed by atoms with Crippen LogP contribution >= 0.6 is 0 Å². The van der Waals surface area contributed by atoms with Crippen molar-refractivity contribution in [1.29, 1.82) is 0 Å². The fourth-order valence-corrected chi connectivity index (χ4v) is 2.66. The van der Waals surface area contributed by atoms with Crippen molar-refractivity contribution in [3.8, 4) is 0 Å². The van der Waals surface area contributed by atoms with E-state index in [1.165, 1.54) is 12.8 Å². The van der Waals surface area contributed by atoms with Gasteiger partial charge in [-0.15, -0.1) is 0 Å². The number of amides is 1. The lowest BCUT2D eigenvalue weighted by atomic mass is 9.82. The second-order valence-corrected chi connectivity index (χ2v) is 5.84. The van der Waals surface area contributed by atoms with Crippen molar-refractivity contribution in [2.45, 2.75) is 45.4 Å². The Kier molecular flexibility index (Phi) is 3.53. The maximum Gasteiger partial charge on any atom is 0.223 e. The molecule has 3 heteroatoms. The summed E-state index contributed by atoms with van der Waals surface area (Å²) in [5, 5.41) is 12.2. The van der Waals surface area contributed by atoms with Crippen LogP contribution in [0, 0.1) is 17.3 Å². The van der Waals surface area contributed by atoms with Crippen LogP contribution in [-0.4, -0.2) is 24.2 Å². The van der Waals surface area contributed by atoms with Gasteiger partial charge in [-0.1, -0.05) is 19.8 Å². The first kappa shape index (κ1) is 11.9. The van der Waals surface area contributed by atoms with Gasteiger partial charge in [0.25, 0.3) is 0 Å². The second-order valence-electron chi connectivity index (χ2n) is 5.84. The van der Waals surface area contributed by atoms with E-state index in [1.807, 2.05) is 0 Å². The second kappa shape index (κ2) is 4.74. The maximum absolute atomic E-state index is 11.9. The fourth-order valence-electron chi connectivity index (χ4n) is 2.66. The molecule has 0 heterocycles. The normalized spacial score (nSPS) is 32.1. The smallest absolute Gasteiger partial charge is 0.223 e. The van der Waals surface area contributed by atoms with Crippen molar-refractivity contribution in [1.82, 2.24) is 5.32 Å². The summed E-state index contributed by atoms with van der Waals surface area (Å²) in [7, 11) is 0. The molecule has 2 unspecified atom stereocenters. The standard InChI is InChI=1S/C13H23NO2/c1-10-3-2-4-11(7-10)12(16)14-8-13(9-15)5-6-13/h10-11,15H,2-9H2,1H3,(H,14,16). The van der Waals surface area contributed by atoms with E-state index in [9.17, 15) is 9.90 Å². The van der Waals surface area contributed by atoms with Crippen LogP contribution < -0.4 is 5.32 Å². The van der Waals surface area contributed by atoms with Crippen LogP contribution in [0.3, 0.4) is 0 Å². The lowest BCUT2D eigenvalue weighted by Crippen LogP contribution is -2.37. The molecule has 0 spiro atoms. The molecule has 16 heavy (non-hydrogen) atoms. The summed E-state index contributed by atoms with van der Waals surface area (Å²) in [6, 6.07) is 0. The fraction of sp³-hybridized carbons (Fsp3) is 0.923.